The van der Waals surface area contributed by atoms with E-state index < -0.39 is 5.60 Å². The smallest absolute Gasteiger partial charge is 0.226 e. The molecule has 2 amide bonds. The predicted molar refractivity (Wildman–Crippen MR) is 119 cm³/mol. The van der Waals surface area contributed by atoms with Crippen molar-refractivity contribution >= 4 is 34.9 Å². The Morgan fingerprint density at radius 2 is 1.84 bits per heavy atom. The topological polar surface area (TPSA) is 75.7 Å². The van der Waals surface area contributed by atoms with Crippen molar-refractivity contribution in [1.29, 1.82) is 0 Å². The number of nitrogens with zero attached hydrogens (tertiary/aromatic N) is 1. The molecule has 0 atom stereocenters. The van der Waals surface area contributed by atoms with Crippen molar-refractivity contribution in [3.8, 4) is 5.75 Å². The minimum atomic E-state index is -0.556. The van der Waals surface area contributed by atoms with Crippen molar-refractivity contribution in [3.63, 3.8) is 0 Å². The number of rotatable bonds is 3. The minimum absolute atomic E-state index is 0.0471. The molecule has 31 heavy (non-hydrogen) atoms. The Kier molecular flexibility index (Phi) is 5.75. The fraction of sp³-hybridized carbons (Fsp3) is 0.375. The molecule has 2 heterocycles. The van der Waals surface area contributed by atoms with Gasteiger partial charge in [0.05, 0.1) is 18.4 Å². The molecular formula is C24H25ClN2O4. The van der Waals surface area contributed by atoms with Gasteiger partial charge in [-0.2, -0.15) is 0 Å². The van der Waals surface area contributed by atoms with Crippen LogP contribution in [0.25, 0.3) is 0 Å². The van der Waals surface area contributed by atoms with Crippen molar-refractivity contribution in [2.24, 2.45) is 0 Å². The average Bonchev–Trinajstić information content (AvgIpc) is 2.71. The van der Waals surface area contributed by atoms with Crippen LogP contribution in [0.1, 0.15) is 47.7 Å². The second-order valence-electron chi connectivity index (χ2n) is 8.42. The number of amides is 2. The van der Waals surface area contributed by atoms with Crippen molar-refractivity contribution in [3.05, 3.63) is 58.1 Å². The Balaban J connectivity index is 1.39. The van der Waals surface area contributed by atoms with Gasteiger partial charge < -0.3 is 15.0 Å². The lowest BCUT2D eigenvalue weighted by Gasteiger charge is -2.44. The summed E-state index contributed by atoms with van der Waals surface area (Å²) in [6.07, 6.45) is 1.85. The number of piperidine rings is 1. The number of carbonyl (C=O) groups excluding carboxylic acids is 3. The van der Waals surface area contributed by atoms with Crippen LogP contribution in [0.5, 0.6) is 5.75 Å². The molecule has 162 valence electrons. The van der Waals surface area contributed by atoms with Crippen LogP contribution in [0.2, 0.25) is 5.02 Å². The van der Waals surface area contributed by atoms with Crippen LogP contribution in [0.4, 0.5) is 5.69 Å². The van der Waals surface area contributed by atoms with Gasteiger partial charge in [-0.25, -0.2) is 0 Å². The van der Waals surface area contributed by atoms with E-state index in [-0.39, 0.29) is 17.6 Å². The molecule has 1 spiro atoms. The zero-order valence-corrected chi connectivity index (χ0v) is 18.4. The number of ether oxygens (including phenoxy) is 1. The first-order chi connectivity index (χ1) is 14.7. The lowest BCUT2D eigenvalue weighted by Crippen LogP contribution is -2.52. The predicted octanol–water partition coefficient (Wildman–Crippen LogP) is 4.18. The van der Waals surface area contributed by atoms with E-state index in [1.54, 1.807) is 18.2 Å². The van der Waals surface area contributed by atoms with Crippen molar-refractivity contribution < 1.29 is 19.1 Å². The fourth-order valence-corrected chi connectivity index (χ4v) is 4.62. The molecule has 1 fully saturated rings. The third kappa shape index (κ3) is 4.59. The first-order valence-corrected chi connectivity index (χ1v) is 10.8. The number of ketones is 1. The molecule has 0 aromatic heterocycles. The molecule has 0 saturated carbocycles. The lowest BCUT2D eigenvalue weighted by molar-refractivity contribution is -0.134. The molecule has 7 heteroatoms. The number of benzene rings is 2. The highest BCUT2D eigenvalue weighted by atomic mass is 35.5. The van der Waals surface area contributed by atoms with Gasteiger partial charge in [-0.05, 0) is 42.3 Å². The number of hydrogen-bond acceptors (Lipinski definition) is 4. The van der Waals surface area contributed by atoms with Gasteiger partial charge in [0.25, 0.3) is 0 Å². The summed E-state index contributed by atoms with van der Waals surface area (Å²) >= 11 is 6.11. The number of carbonyl (C=O) groups is 3. The first kappa shape index (κ1) is 21.4. The van der Waals surface area contributed by atoms with Crippen molar-refractivity contribution in [2.75, 3.05) is 18.4 Å². The maximum absolute atomic E-state index is 12.8. The second-order valence-corrected chi connectivity index (χ2v) is 8.86. The Labute approximate surface area is 186 Å². The van der Waals surface area contributed by atoms with E-state index in [9.17, 15) is 14.4 Å². The maximum Gasteiger partial charge on any atom is 0.226 e. The van der Waals surface area contributed by atoms with Gasteiger partial charge in [-0.15, -0.1) is 0 Å². The summed E-state index contributed by atoms with van der Waals surface area (Å²) in [4.78, 5) is 38.5. The van der Waals surface area contributed by atoms with Gasteiger partial charge in [-0.3, -0.25) is 14.4 Å². The summed E-state index contributed by atoms with van der Waals surface area (Å²) < 4.78 is 6.36. The molecular weight excluding hydrogens is 416 g/mol. The Morgan fingerprint density at radius 3 is 2.48 bits per heavy atom. The van der Waals surface area contributed by atoms with Crippen LogP contribution in [0.15, 0.2) is 36.4 Å². The molecule has 1 N–H and O–H groups in total. The Hall–Kier alpha value is -2.86. The molecule has 2 aromatic rings. The number of fused-ring (bicyclic) bond motifs is 1. The summed E-state index contributed by atoms with van der Waals surface area (Å²) in [7, 11) is 0. The summed E-state index contributed by atoms with van der Waals surface area (Å²) in [5, 5.41) is 3.25. The van der Waals surface area contributed by atoms with Crippen LogP contribution < -0.4 is 10.1 Å². The second kappa shape index (κ2) is 8.35. The molecule has 0 bridgehead atoms. The Bertz CT molecular complexity index is 1040. The van der Waals surface area contributed by atoms with Crippen molar-refractivity contribution in [1.82, 2.24) is 4.90 Å². The van der Waals surface area contributed by atoms with E-state index >= 15 is 0 Å². The number of hydrogen-bond donors (Lipinski definition) is 1. The summed E-state index contributed by atoms with van der Waals surface area (Å²) in [6, 6.07) is 10.8. The normalized spacial score (nSPS) is 17.1. The van der Waals surface area contributed by atoms with Gasteiger partial charge in [0.2, 0.25) is 11.8 Å². The molecule has 0 radical (unpaired) electrons. The molecule has 0 aliphatic carbocycles. The third-order valence-electron chi connectivity index (χ3n) is 6.00. The first-order valence-electron chi connectivity index (χ1n) is 10.4. The van der Waals surface area contributed by atoms with Gasteiger partial charge in [0.1, 0.15) is 11.4 Å². The summed E-state index contributed by atoms with van der Waals surface area (Å²) in [5.41, 5.74) is 2.46. The van der Waals surface area contributed by atoms with Crippen LogP contribution in [-0.4, -0.2) is 41.2 Å². The van der Waals surface area contributed by atoms with Gasteiger partial charge in [0.15, 0.2) is 5.78 Å². The average molecular weight is 441 g/mol. The standard InChI is InChI=1S/C24H25ClN2O4/c1-15-11-18(25)13-20-21(29)14-24(31-23(15)20)7-9-27(10-8-24)22(30)12-17-3-5-19(6-4-17)26-16(2)28/h3-6,11,13H,7-10,12,14H2,1-2H3,(H,26,28). The number of likely N-dealkylation sites (tertiary alicyclic amines) is 1. The summed E-state index contributed by atoms with van der Waals surface area (Å²) in [6.45, 7) is 4.46. The number of anilines is 1. The minimum Gasteiger partial charge on any atom is -0.486 e. The van der Waals surface area contributed by atoms with Crippen LogP contribution >= 0.6 is 11.6 Å². The van der Waals surface area contributed by atoms with Crippen LogP contribution in [0.3, 0.4) is 0 Å². The van der Waals surface area contributed by atoms with Crippen molar-refractivity contribution in [2.45, 2.75) is 45.1 Å². The number of aryl methyl sites for hydroxylation is 1. The monoisotopic (exact) mass is 440 g/mol. The van der Waals surface area contributed by atoms with Gasteiger partial charge in [-0.1, -0.05) is 23.7 Å². The molecule has 2 aliphatic heterocycles. The number of nitrogens with one attached hydrogen (secondary N) is 1. The molecule has 4 rings (SSSR count). The maximum atomic E-state index is 12.8. The third-order valence-corrected chi connectivity index (χ3v) is 6.22. The highest BCUT2D eigenvalue weighted by Gasteiger charge is 2.44. The Morgan fingerprint density at radius 1 is 1.16 bits per heavy atom. The molecule has 2 aromatic carbocycles. The van der Waals surface area contributed by atoms with Crippen LogP contribution in [-0.2, 0) is 16.0 Å². The highest BCUT2D eigenvalue weighted by Crippen LogP contribution is 2.42. The van der Waals surface area contributed by atoms with Gasteiger partial charge >= 0.3 is 0 Å². The fourth-order valence-electron chi connectivity index (χ4n) is 4.35. The quantitative estimate of drug-likeness (QED) is 0.777. The zero-order chi connectivity index (χ0) is 22.2. The van der Waals surface area contributed by atoms with E-state index in [1.807, 2.05) is 30.0 Å². The highest BCUT2D eigenvalue weighted by molar-refractivity contribution is 6.31. The number of halogens is 1. The largest absolute Gasteiger partial charge is 0.486 e. The van der Waals surface area contributed by atoms with Crippen LogP contribution in [0, 0.1) is 6.92 Å². The van der Waals surface area contributed by atoms with E-state index in [4.69, 9.17) is 16.3 Å². The summed E-state index contributed by atoms with van der Waals surface area (Å²) in [5.74, 6) is 0.591. The van der Waals surface area contributed by atoms with E-state index in [0.717, 1.165) is 11.1 Å². The van der Waals surface area contributed by atoms with E-state index in [0.29, 0.717) is 60.8 Å². The van der Waals surface area contributed by atoms with E-state index in [2.05, 4.69) is 5.32 Å². The lowest BCUT2D eigenvalue weighted by atomic mass is 9.82. The molecule has 1 saturated heterocycles. The zero-order valence-electron chi connectivity index (χ0n) is 17.7. The molecule has 6 nitrogen and oxygen atoms in total. The number of Topliss-reactive ketones (excluding diaryl/α,β-unsaturated/α-hetero) is 1. The molecule has 0 unspecified atom stereocenters. The molecule has 2 aliphatic rings. The SMILES string of the molecule is CC(=O)Nc1ccc(CC(=O)N2CCC3(CC2)CC(=O)c2cc(Cl)cc(C)c2O3)cc1. The van der Waals surface area contributed by atoms with Gasteiger partial charge in [0, 0.05) is 43.6 Å². The van der Waals surface area contributed by atoms with E-state index in [1.165, 1.54) is 6.92 Å².